The van der Waals surface area contributed by atoms with Gasteiger partial charge in [0.25, 0.3) is 0 Å². The molecule has 0 fully saturated rings. The quantitative estimate of drug-likeness (QED) is 0.890. The maximum atomic E-state index is 13.3. The highest BCUT2D eigenvalue weighted by atomic mass is 35.5. The summed E-state index contributed by atoms with van der Waals surface area (Å²) < 4.78 is 13.3. The molecule has 2 aromatic rings. The molecule has 0 aromatic heterocycles. The number of aryl methyl sites for hydroxylation is 1. The molecule has 110 valence electrons. The van der Waals surface area contributed by atoms with Gasteiger partial charge in [0, 0.05) is 5.69 Å². The van der Waals surface area contributed by atoms with Crippen molar-refractivity contribution in [1.82, 2.24) is 0 Å². The predicted molar refractivity (Wildman–Crippen MR) is 81.2 cm³/mol. The minimum Gasteiger partial charge on any atom is -0.479 e. The van der Waals surface area contributed by atoms with Gasteiger partial charge in [-0.05, 0) is 43.7 Å². The molecule has 1 unspecified atom stereocenters. The van der Waals surface area contributed by atoms with Gasteiger partial charge in [-0.1, -0.05) is 35.4 Å². The topological polar surface area (TPSA) is 49.3 Å². The number of carboxylic acid groups (broad SMARTS) is 1. The fraction of sp³-hybridized carbons (Fsp3) is 0.188. The molecule has 2 rings (SSSR count). The third kappa shape index (κ3) is 3.16. The molecule has 0 saturated heterocycles. The predicted octanol–water partition coefficient (Wildman–Crippen LogP) is 4.20. The lowest BCUT2D eigenvalue weighted by Crippen LogP contribution is -2.40. The second-order valence-corrected chi connectivity index (χ2v) is 5.46. The van der Waals surface area contributed by atoms with Crippen LogP contribution >= 0.6 is 11.6 Å². The van der Waals surface area contributed by atoms with Crippen molar-refractivity contribution in [3.8, 4) is 0 Å². The van der Waals surface area contributed by atoms with E-state index < -0.39 is 17.3 Å². The second-order valence-electron chi connectivity index (χ2n) is 5.05. The smallest absolute Gasteiger partial charge is 0.333 e. The highest BCUT2D eigenvalue weighted by Crippen LogP contribution is 2.29. The Morgan fingerprint density at radius 3 is 2.38 bits per heavy atom. The highest BCUT2D eigenvalue weighted by Gasteiger charge is 2.35. The van der Waals surface area contributed by atoms with Gasteiger partial charge in [0.05, 0.1) is 5.02 Å². The number of rotatable bonds is 4. The fourth-order valence-electron chi connectivity index (χ4n) is 1.98. The van der Waals surface area contributed by atoms with Crippen LogP contribution in [0.5, 0.6) is 0 Å². The molecule has 0 amide bonds. The van der Waals surface area contributed by atoms with Crippen LogP contribution in [0, 0.1) is 12.7 Å². The molecule has 0 radical (unpaired) electrons. The first-order valence-corrected chi connectivity index (χ1v) is 6.74. The van der Waals surface area contributed by atoms with Crippen molar-refractivity contribution in [2.75, 3.05) is 5.32 Å². The van der Waals surface area contributed by atoms with E-state index in [4.69, 9.17) is 11.6 Å². The summed E-state index contributed by atoms with van der Waals surface area (Å²) in [6.45, 7) is 3.46. The summed E-state index contributed by atoms with van der Waals surface area (Å²) in [6.07, 6.45) is 0. The van der Waals surface area contributed by atoms with Crippen molar-refractivity contribution in [2.24, 2.45) is 0 Å². The van der Waals surface area contributed by atoms with Gasteiger partial charge in [0.15, 0.2) is 5.54 Å². The van der Waals surface area contributed by atoms with Crippen molar-refractivity contribution >= 4 is 23.3 Å². The summed E-state index contributed by atoms with van der Waals surface area (Å²) in [5.41, 5.74) is 0.697. The summed E-state index contributed by atoms with van der Waals surface area (Å²) in [5, 5.41) is 12.4. The van der Waals surface area contributed by atoms with Gasteiger partial charge in [-0.3, -0.25) is 0 Å². The Hall–Kier alpha value is -2.07. The molecule has 0 saturated carbocycles. The molecule has 2 aromatic carbocycles. The van der Waals surface area contributed by atoms with Gasteiger partial charge in [-0.15, -0.1) is 0 Å². The lowest BCUT2D eigenvalue weighted by atomic mass is 9.91. The number of benzene rings is 2. The zero-order valence-electron chi connectivity index (χ0n) is 11.7. The van der Waals surface area contributed by atoms with Crippen LogP contribution in [0.25, 0.3) is 0 Å². The van der Waals surface area contributed by atoms with E-state index in [1.807, 2.05) is 19.1 Å². The van der Waals surface area contributed by atoms with Crippen molar-refractivity contribution < 1.29 is 14.3 Å². The van der Waals surface area contributed by atoms with E-state index in [1.54, 1.807) is 12.1 Å². The molecule has 21 heavy (non-hydrogen) atoms. The van der Waals surface area contributed by atoms with E-state index in [9.17, 15) is 14.3 Å². The molecule has 1 atom stereocenters. The van der Waals surface area contributed by atoms with E-state index in [0.29, 0.717) is 11.3 Å². The third-order valence-corrected chi connectivity index (χ3v) is 3.66. The maximum Gasteiger partial charge on any atom is 0.333 e. The standard InChI is InChI=1S/C16H15ClFNO2/c1-10-3-6-12(7-4-10)19-16(2,15(20)21)11-5-8-14(18)13(17)9-11/h3-9,19H,1-2H3,(H,20,21). The highest BCUT2D eigenvalue weighted by molar-refractivity contribution is 6.30. The maximum absolute atomic E-state index is 13.3. The Labute approximate surface area is 127 Å². The molecule has 0 aliphatic rings. The summed E-state index contributed by atoms with van der Waals surface area (Å²) in [5.74, 6) is -1.66. The minimum absolute atomic E-state index is 0.106. The largest absolute Gasteiger partial charge is 0.479 e. The summed E-state index contributed by atoms with van der Waals surface area (Å²) in [6, 6.07) is 11.2. The second kappa shape index (κ2) is 5.74. The molecule has 0 aliphatic heterocycles. The number of halogens is 2. The molecule has 0 bridgehead atoms. The summed E-state index contributed by atoms with van der Waals surface area (Å²) >= 11 is 5.75. The van der Waals surface area contributed by atoms with E-state index in [-0.39, 0.29) is 5.02 Å². The van der Waals surface area contributed by atoms with Crippen molar-refractivity contribution in [1.29, 1.82) is 0 Å². The summed E-state index contributed by atoms with van der Waals surface area (Å²) in [4.78, 5) is 11.7. The average Bonchev–Trinajstić information content (AvgIpc) is 2.44. The summed E-state index contributed by atoms with van der Waals surface area (Å²) in [7, 11) is 0. The number of carbonyl (C=O) groups is 1. The lowest BCUT2D eigenvalue weighted by molar-refractivity contribution is -0.142. The van der Waals surface area contributed by atoms with Crippen LogP contribution in [0.15, 0.2) is 42.5 Å². The zero-order valence-corrected chi connectivity index (χ0v) is 12.4. The zero-order chi connectivity index (χ0) is 15.6. The molecule has 3 nitrogen and oxygen atoms in total. The number of aliphatic carboxylic acids is 1. The Morgan fingerprint density at radius 2 is 1.86 bits per heavy atom. The van der Waals surface area contributed by atoms with Crippen LogP contribution < -0.4 is 5.32 Å². The number of anilines is 1. The van der Waals surface area contributed by atoms with Gasteiger partial charge >= 0.3 is 5.97 Å². The SMILES string of the molecule is Cc1ccc(NC(C)(C(=O)O)c2ccc(F)c(Cl)c2)cc1. The number of carboxylic acids is 1. The van der Waals surface area contributed by atoms with Crippen LogP contribution in [-0.2, 0) is 10.3 Å². The Morgan fingerprint density at radius 1 is 1.24 bits per heavy atom. The normalized spacial score (nSPS) is 13.5. The first-order chi connectivity index (χ1) is 9.83. The molecule has 0 heterocycles. The van der Waals surface area contributed by atoms with Crippen LogP contribution in [0.4, 0.5) is 10.1 Å². The fourth-order valence-corrected chi connectivity index (χ4v) is 2.16. The first-order valence-electron chi connectivity index (χ1n) is 6.37. The Balaban J connectivity index is 2.42. The van der Waals surface area contributed by atoms with E-state index in [2.05, 4.69) is 5.32 Å². The van der Waals surface area contributed by atoms with Crippen LogP contribution in [0.1, 0.15) is 18.1 Å². The molecule has 2 N–H and O–H groups in total. The van der Waals surface area contributed by atoms with Crippen LogP contribution in [0.2, 0.25) is 5.02 Å². The van der Waals surface area contributed by atoms with Gasteiger partial charge < -0.3 is 10.4 Å². The van der Waals surface area contributed by atoms with Gasteiger partial charge in [-0.2, -0.15) is 0 Å². The van der Waals surface area contributed by atoms with Crippen molar-refractivity contribution in [3.05, 3.63) is 64.4 Å². The lowest BCUT2D eigenvalue weighted by Gasteiger charge is -2.28. The third-order valence-electron chi connectivity index (χ3n) is 3.37. The van der Waals surface area contributed by atoms with Gasteiger partial charge in [0.2, 0.25) is 0 Å². The van der Waals surface area contributed by atoms with Gasteiger partial charge in [-0.25, -0.2) is 9.18 Å². The van der Waals surface area contributed by atoms with E-state index in [0.717, 1.165) is 11.6 Å². The molecule has 5 heteroatoms. The van der Waals surface area contributed by atoms with E-state index >= 15 is 0 Å². The number of hydrogen-bond donors (Lipinski definition) is 2. The number of nitrogens with one attached hydrogen (secondary N) is 1. The van der Waals surface area contributed by atoms with Crippen molar-refractivity contribution in [3.63, 3.8) is 0 Å². The van der Waals surface area contributed by atoms with Crippen LogP contribution in [-0.4, -0.2) is 11.1 Å². The minimum atomic E-state index is -1.41. The average molecular weight is 308 g/mol. The van der Waals surface area contributed by atoms with Gasteiger partial charge in [0.1, 0.15) is 5.82 Å². The van der Waals surface area contributed by atoms with Crippen molar-refractivity contribution in [2.45, 2.75) is 19.4 Å². The van der Waals surface area contributed by atoms with E-state index in [1.165, 1.54) is 19.1 Å². The molecular weight excluding hydrogens is 293 g/mol. The molecule has 0 aliphatic carbocycles. The molecule has 0 spiro atoms. The first kappa shape index (κ1) is 15.3. The Kier molecular flexibility index (Phi) is 4.19. The van der Waals surface area contributed by atoms with Crippen LogP contribution in [0.3, 0.4) is 0 Å². The number of hydrogen-bond acceptors (Lipinski definition) is 2. The Bertz CT molecular complexity index is 672. The monoisotopic (exact) mass is 307 g/mol. The molecular formula is C16H15ClFNO2.